The molecule has 0 aliphatic rings. The number of anilines is 1. The van der Waals surface area contributed by atoms with Gasteiger partial charge in [-0.15, -0.1) is 11.3 Å². The van der Waals surface area contributed by atoms with Gasteiger partial charge < -0.3 is 4.74 Å². The molecule has 0 atom stereocenters. The van der Waals surface area contributed by atoms with Crippen LogP contribution in [0.5, 0.6) is 5.75 Å². The average molecular weight is 360 g/mol. The van der Waals surface area contributed by atoms with Crippen LogP contribution in [0.2, 0.25) is 0 Å². The number of hydrogen-bond donors (Lipinski definition) is 1. The van der Waals surface area contributed by atoms with Crippen LogP contribution >= 0.6 is 11.3 Å². The second-order valence-electron chi connectivity index (χ2n) is 5.30. The predicted molar refractivity (Wildman–Crippen MR) is 93.2 cm³/mol. The zero-order valence-corrected chi connectivity index (χ0v) is 14.3. The number of ether oxygens (including phenoxy) is 1. The van der Waals surface area contributed by atoms with Crippen LogP contribution in [0.1, 0.15) is 15.9 Å². The molecule has 0 aliphatic carbocycles. The van der Waals surface area contributed by atoms with Gasteiger partial charge in [0.25, 0.3) is 5.91 Å². The zero-order valence-electron chi connectivity index (χ0n) is 13.5. The van der Waals surface area contributed by atoms with Gasteiger partial charge in [-0.2, -0.15) is 0 Å². The lowest BCUT2D eigenvalue weighted by Crippen LogP contribution is -2.13. The molecule has 0 aliphatic heterocycles. The van der Waals surface area contributed by atoms with E-state index in [0.29, 0.717) is 27.7 Å². The van der Waals surface area contributed by atoms with E-state index in [1.807, 2.05) is 0 Å². The molecule has 0 fully saturated rings. The molecule has 0 radical (unpaired) electrons. The SMILES string of the molecule is COc1ccc(F)cc1-c1csc(NC(=O)c2cc(F)ccc2C)n1. The van der Waals surface area contributed by atoms with Crippen molar-refractivity contribution in [1.82, 2.24) is 4.98 Å². The molecule has 128 valence electrons. The zero-order chi connectivity index (χ0) is 18.0. The summed E-state index contributed by atoms with van der Waals surface area (Å²) in [6, 6.07) is 8.13. The third-order valence-electron chi connectivity index (χ3n) is 3.61. The third-order valence-corrected chi connectivity index (χ3v) is 4.36. The summed E-state index contributed by atoms with van der Waals surface area (Å²) in [4.78, 5) is 16.6. The van der Waals surface area contributed by atoms with Gasteiger partial charge in [0.2, 0.25) is 0 Å². The van der Waals surface area contributed by atoms with Crippen LogP contribution in [-0.2, 0) is 0 Å². The van der Waals surface area contributed by atoms with Gasteiger partial charge in [-0.1, -0.05) is 6.07 Å². The normalized spacial score (nSPS) is 10.6. The lowest BCUT2D eigenvalue weighted by atomic mass is 10.1. The minimum Gasteiger partial charge on any atom is -0.496 e. The van der Waals surface area contributed by atoms with Crippen LogP contribution in [0.3, 0.4) is 0 Å². The van der Waals surface area contributed by atoms with Gasteiger partial charge in [0, 0.05) is 16.5 Å². The first-order valence-electron chi connectivity index (χ1n) is 7.35. The van der Waals surface area contributed by atoms with Crippen LogP contribution in [0, 0.1) is 18.6 Å². The number of halogens is 2. The van der Waals surface area contributed by atoms with Crippen molar-refractivity contribution in [2.75, 3.05) is 12.4 Å². The molecule has 1 heterocycles. The van der Waals surface area contributed by atoms with Crippen molar-refractivity contribution < 1.29 is 18.3 Å². The highest BCUT2D eigenvalue weighted by Gasteiger charge is 2.15. The minimum atomic E-state index is -0.486. The van der Waals surface area contributed by atoms with Gasteiger partial charge in [0.05, 0.1) is 12.8 Å². The molecule has 0 bridgehead atoms. The van der Waals surface area contributed by atoms with Crippen molar-refractivity contribution in [2.24, 2.45) is 0 Å². The van der Waals surface area contributed by atoms with Crippen LogP contribution in [0.15, 0.2) is 41.8 Å². The van der Waals surface area contributed by atoms with E-state index < -0.39 is 17.5 Å². The van der Waals surface area contributed by atoms with E-state index in [1.165, 1.54) is 54.8 Å². The maximum absolute atomic E-state index is 13.5. The highest BCUT2D eigenvalue weighted by molar-refractivity contribution is 7.14. The van der Waals surface area contributed by atoms with Gasteiger partial charge in [0.15, 0.2) is 5.13 Å². The Balaban J connectivity index is 1.86. The van der Waals surface area contributed by atoms with Crippen molar-refractivity contribution in [3.63, 3.8) is 0 Å². The third kappa shape index (κ3) is 3.66. The summed E-state index contributed by atoms with van der Waals surface area (Å²) in [5, 5.41) is 4.65. The number of carbonyl (C=O) groups is 1. The van der Waals surface area contributed by atoms with Crippen molar-refractivity contribution >= 4 is 22.4 Å². The van der Waals surface area contributed by atoms with Crippen molar-refractivity contribution in [3.8, 4) is 17.0 Å². The second kappa shape index (κ2) is 6.98. The monoisotopic (exact) mass is 360 g/mol. The molecule has 0 saturated carbocycles. The first-order valence-corrected chi connectivity index (χ1v) is 8.23. The molecule has 3 rings (SSSR count). The minimum absolute atomic E-state index is 0.236. The first kappa shape index (κ1) is 17.0. The molecule has 1 N–H and O–H groups in total. The summed E-state index contributed by atoms with van der Waals surface area (Å²) in [5.74, 6) is -0.875. The van der Waals surface area contributed by atoms with Gasteiger partial charge >= 0.3 is 0 Å². The van der Waals surface area contributed by atoms with Crippen LogP contribution in [0.25, 0.3) is 11.3 Å². The van der Waals surface area contributed by atoms with E-state index in [2.05, 4.69) is 10.3 Å². The molecule has 2 aromatic carbocycles. The second-order valence-corrected chi connectivity index (χ2v) is 6.15. The number of rotatable bonds is 4. The summed E-state index contributed by atoms with van der Waals surface area (Å²) in [5.41, 5.74) is 1.86. The fraction of sp³-hybridized carbons (Fsp3) is 0.111. The first-order chi connectivity index (χ1) is 12.0. The molecule has 25 heavy (non-hydrogen) atoms. The number of hydrogen-bond acceptors (Lipinski definition) is 4. The summed E-state index contributed by atoms with van der Waals surface area (Å²) in [7, 11) is 1.48. The maximum atomic E-state index is 13.5. The lowest BCUT2D eigenvalue weighted by Gasteiger charge is -2.06. The Morgan fingerprint density at radius 2 is 1.88 bits per heavy atom. The van der Waals surface area contributed by atoms with Gasteiger partial charge in [-0.3, -0.25) is 10.1 Å². The van der Waals surface area contributed by atoms with Crippen molar-refractivity contribution in [1.29, 1.82) is 0 Å². The van der Waals surface area contributed by atoms with E-state index in [1.54, 1.807) is 12.3 Å². The summed E-state index contributed by atoms with van der Waals surface area (Å²) < 4.78 is 32.1. The Hall–Kier alpha value is -2.80. The van der Waals surface area contributed by atoms with E-state index in [4.69, 9.17) is 4.74 Å². The van der Waals surface area contributed by atoms with Crippen molar-refractivity contribution in [3.05, 3.63) is 64.5 Å². The number of amides is 1. The number of nitrogens with one attached hydrogen (secondary N) is 1. The number of carbonyl (C=O) groups excluding carboxylic acids is 1. The molecule has 7 heteroatoms. The standard InChI is InChI=1S/C18H14F2N2O2S/c1-10-3-4-11(19)7-13(10)17(23)22-18-21-15(9-25-18)14-8-12(20)5-6-16(14)24-2/h3-9H,1-2H3,(H,21,22,23). The molecule has 3 aromatic rings. The summed E-state index contributed by atoms with van der Waals surface area (Å²) in [6.07, 6.45) is 0. The Morgan fingerprint density at radius 3 is 2.64 bits per heavy atom. The van der Waals surface area contributed by atoms with E-state index in [9.17, 15) is 13.6 Å². The topological polar surface area (TPSA) is 51.2 Å². The molecule has 0 unspecified atom stereocenters. The average Bonchev–Trinajstić information content (AvgIpc) is 3.05. The smallest absolute Gasteiger partial charge is 0.257 e. The number of aryl methyl sites for hydroxylation is 1. The fourth-order valence-electron chi connectivity index (χ4n) is 2.34. The predicted octanol–water partition coefficient (Wildman–Crippen LogP) is 4.66. The largest absolute Gasteiger partial charge is 0.496 e. The Bertz CT molecular complexity index is 941. The van der Waals surface area contributed by atoms with Crippen molar-refractivity contribution in [2.45, 2.75) is 6.92 Å². The quantitative estimate of drug-likeness (QED) is 0.736. The molecule has 4 nitrogen and oxygen atoms in total. The number of nitrogens with zero attached hydrogens (tertiary/aromatic N) is 1. The molecule has 1 amide bonds. The van der Waals surface area contributed by atoms with E-state index in [-0.39, 0.29) is 5.56 Å². The van der Waals surface area contributed by atoms with Gasteiger partial charge in [0.1, 0.15) is 17.4 Å². The van der Waals surface area contributed by atoms with E-state index in [0.717, 1.165) is 0 Å². The van der Waals surface area contributed by atoms with Gasteiger partial charge in [-0.25, -0.2) is 13.8 Å². The highest BCUT2D eigenvalue weighted by atomic mass is 32.1. The van der Waals surface area contributed by atoms with E-state index >= 15 is 0 Å². The molecule has 1 aromatic heterocycles. The number of benzene rings is 2. The Kier molecular flexibility index (Phi) is 4.76. The van der Waals surface area contributed by atoms with Crippen LogP contribution in [0.4, 0.5) is 13.9 Å². The fourth-order valence-corrected chi connectivity index (χ4v) is 3.04. The lowest BCUT2D eigenvalue weighted by molar-refractivity contribution is 0.102. The van der Waals surface area contributed by atoms with Gasteiger partial charge in [-0.05, 0) is 42.8 Å². The molecule has 0 saturated heterocycles. The molecular formula is C18H14F2N2O2S. The number of methoxy groups -OCH3 is 1. The maximum Gasteiger partial charge on any atom is 0.257 e. The Labute approximate surface area is 147 Å². The number of thiazole rings is 1. The Morgan fingerprint density at radius 1 is 1.16 bits per heavy atom. The molecular weight excluding hydrogens is 346 g/mol. The molecule has 0 spiro atoms. The number of aromatic nitrogens is 1. The summed E-state index contributed by atoms with van der Waals surface area (Å²) in [6.45, 7) is 1.72. The van der Waals surface area contributed by atoms with Crippen LogP contribution < -0.4 is 10.1 Å². The summed E-state index contributed by atoms with van der Waals surface area (Å²) >= 11 is 1.19. The highest BCUT2D eigenvalue weighted by Crippen LogP contribution is 2.33. The van der Waals surface area contributed by atoms with Crippen LogP contribution in [-0.4, -0.2) is 18.0 Å².